The molecule has 1 aromatic carbocycles. The third-order valence-electron chi connectivity index (χ3n) is 4.15. The fourth-order valence-electron chi connectivity index (χ4n) is 2.84. The van der Waals surface area contributed by atoms with Gasteiger partial charge in [0.25, 0.3) is 0 Å². The summed E-state index contributed by atoms with van der Waals surface area (Å²) in [7, 11) is 0. The topological polar surface area (TPSA) is 23.5 Å². The normalized spacial score (nSPS) is 22.4. The zero-order valence-corrected chi connectivity index (χ0v) is 11.7. The Hall–Kier alpha value is -0.930. The molecular formula is C16H24FNO. The average molecular weight is 265 g/mol. The van der Waals surface area contributed by atoms with Gasteiger partial charge in [-0.1, -0.05) is 25.5 Å². The van der Waals surface area contributed by atoms with Crippen molar-refractivity contribution < 1.29 is 9.50 Å². The summed E-state index contributed by atoms with van der Waals surface area (Å²) < 4.78 is 12.8. The van der Waals surface area contributed by atoms with Crippen LogP contribution < -0.4 is 0 Å². The van der Waals surface area contributed by atoms with Gasteiger partial charge >= 0.3 is 0 Å². The van der Waals surface area contributed by atoms with Crippen LogP contribution in [-0.2, 0) is 0 Å². The Labute approximate surface area is 115 Å². The summed E-state index contributed by atoms with van der Waals surface area (Å²) in [6.45, 7) is 5.48. The molecule has 1 heterocycles. The quantitative estimate of drug-likeness (QED) is 0.882. The molecule has 3 heteroatoms. The Morgan fingerprint density at radius 3 is 2.79 bits per heavy atom. The monoisotopic (exact) mass is 265 g/mol. The van der Waals surface area contributed by atoms with Gasteiger partial charge in [0, 0.05) is 13.1 Å². The van der Waals surface area contributed by atoms with Crippen LogP contribution in [0.4, 0.5) is 4.39 Å². The Morgan fingerprint density at radius 1 is 1.37 bits per heavy atom. The van der Waals surface area contributed by atoms with Crippen molar-refractivity contribution in [2.45, 2.75) is 38.7 Å². The van der Waals surface area contributed by atoms with Crippen LogP contribution in [0.3, 0.4) is 0 Å². The lowest BCUT2D eigenvalue weighted by Gasteiger charge is -2.32. The fraction of sp³-hybridized carbons (Fsp3) is 0.625. The summed E-state index contributed by atoms with van der Waals surface area (Å²) >= 11 is 0. The van der Waals surface area contributed by atoms with Gasteiger partial charge in [-0.2, -0.15) is 0 Å². The van der Waals surface area contributed by atoms with Crippen molar-refractivity contribution in [2.24, 2.45) is 5.92 Å². The van der Waals surface area contributed by atoms with Crippen LogP contribution in [0.1, 0.15) is 44.3 Å². The van der Waals surface area contributed by atoms with Gasteiger partial charge in [0.2, 0.25) is 0 Å². The molecule has 19 heavy (non-hydrogen) atoms. The van der Waals surface area contributed by atoms with E-state index >= 15 is 0 Å². The minimum atomic E-state index is -0.484. The molecule has 2 rings (SSSR count). The SMILES string of the molecule is CCC1CCCN(CCC(O)c2ccc(F)cc2)C1. The Morgan fingerprint density at radius 2 is 2.11 bits per heavy atom. The Kier molecular flexibility index (Phi) is 5.34. The van der Waals surface area contributed by atoms with Crippen LogP contribution >= 0.6 is 0 Å². The molecule has 0 spiro atoms. The highest BCUT2D eigenvalue weighted by Crippen LogP contribution is 2.22. The molecule has 1 fully saturated rings. The summed E-state index contributed by atoms with van der Waals surface area (Å²) in [6.07, 6.45) is 4.10. The van der Waals surface area contributed by atoms with Crippen LogP contribution in [0.15, 0.2) is 24.3 Å². The Bertz CT molecular complexity index is 379. The maximum atomic E-state index is 12.8. The highest BCUT2D eigenvalue weighted by atomic mass is 19.1. The maximum Gasteiger partial charge on any atom is 0.123 e. The molecule has 2 atom stereocenters. The number of aliphatic hydroxyl groups is 1. The highest BCUT2D eigenvalue weighted by molar-refractivity contribution is 5.18. The molecule has 0 aliphatic carbocycles. The second kappa shape index (κ2) is 7.01. The number of hydrogen-bond donors (Lipinski definition) is 1. The van der Waals surface area contributed by atoms with E-state index in [1.54, 1.807) is 12.1 Å². The average Bonchev–Trinajstić information content (AvgIpc) is 2.46. The molecule has 1 aliphatic rings. The second-order valence-corrected chi connectivity index (χ2v) is 5.57. The zero-order chi connectivity index (χ0) is 13.7. The molecule has 0 saturated carbocycles. The van der Waals surface area contributed by atoms with Crippen molar-refractivity contribution in [2.75, 3.05) is 19.6 Å². The van der Waals surface area contributed by atoms with Gasteiger partial charge in [0.15, 0.2) is 0 Å². The molecule has 0 aromatic heterocycles. The second-order valence-electron chi connectivity index (χ2n) is 5.57. The number of nitrogens with zero attached hydrogens (tertiary/aromatic N) is 1. The van der Waals surface area contributed by atoms with E-state index < -0.39 is 6.10 Å². The molecule has 1 aromatic rings. The zero-order valence-electron chi connectivity index (χ0n) is 11.7. The smallest absolute Gasteiger partial charge is 0.123 e. The standard InChI is InChI=1S/C16H24FNO/c1-2-13-4-3-10-18(12-13)11-9-16(19)14-5-7-15(17)8-6-14/h5-8,13,16,19H,2-4,9-12H2,1H3. The lowest BCUT2D eigenvalue weighted by atomic mass is 9.95. The van der Waals surface area contributed by atoms with Crippen molar-refractivity contribution in [1.29, 1.82) is 0 Å². The summed E-state index contributed by atoms with van der Waals surface area (Å²) in [5.41, 5.74) is 0.811. The van der Waals surface area contributed by atoms with Gasteiger partial charge in [-0.05, 0) is 49.4 Å². The number of benzene rings is 1. The minimum absolute atomic E-state index is 0.252. The number of rotatable bonds is 5. The predicted molar refractivity (Wildman–Crippen MR) is 75.4 cm³/mol. The lowest BCUT2D eigenvalue weighted by Crippen LogP contribution is -2.36. The summed E-state index contributed by atoms with van der Waals surface area (Å²) in [4.78, 5) is 2.45. The van der Waals surface area contributed by atoms with Gasteiger partial charge in [0.1, 0.15) is 5.82 Å². The van der Waals surface area contributed by atoms with Crippen LogP contribution in [0.5, 0.6) is 0 Å². The third-order valence-corrected chi connectivity index (χ3v) is 4.15. The van der Waals surface area contributed by atoms with Crippen molar-refractivity contribution >= 4 is 0 Å². The molecular weight excluding hydrogens is 241 g/mol. The minimum Gasteiger partial charge on any atom is -0.388 e. The van der Waals surface area contributed by atoms with Gasteiger partial charge in [0.05, 0.1) is 6.10 Å². The van der Waals surface area contributed by atoms with Gasteiger partial charge in [-0.3, -0.25) is 0 Å². The van der Waals surface area contributed by atoms with E-state index in [9.17, 15) is 9.50 Å². The summed E-state index contributed by atoms with van der Waals surface area (Å²) in [5, 5.41) is 10.1. The van der Waals surface area contributed by atoms with E-state index in [2.05, 4.69) is 11.8 Å². The van der Waals surface area contributed by atoms with Crippen LogP contribution in [-0.4, -0.2) is 29.6 Å². The van der Waals surface area contributed by atoms with Crippen molar-refractivity contribution in [3.63, 3.8) is 0 Å². The van der Waals surface area contributed by atoms with Crippen LogP contribution in [0.2, 0.25) is 0 Å². The maximum absolute atomic E-state index is 12.8. The molecule has 0 radical (unpaired) electrons. The first-order valence-electron chi connectivity index (χ1n) is 7.35. The molecule has 2 nitrogen and oxygen atoms in total. The third kappa shape index (κ3) is 4.29. The van der Waals surface area contributed by atoms with Crippen LogP contribution in [0, 0.1) is 11.7 Å². The molecule has 0 bridgehead atoms. The summed E-state index contributed by atoms with van der Waals surface area (Å²) in [6, 6.07) is 6.16. The molecule has 0 amide bonds. The number of hydrogen-bond acceptors (Lipinski definition) is 2. The van der Waals surface area contributed by atoms with Crippen molar-refractivity contribution in [1.82, 2.24) is 4.90 Å². The summed E-state index contributed by atoms with van der Waals surface area (Å²) in [5.74, 6) is 0.564. The highest BCUT2D eigenvalue weighted by Gasteiger charge is 2.19. The molecule has 106 valence electrons. The molecule has 1 saturated heterocycles. The Balaban J connectivity index is 1.79. The van der Waals surface area contributed by atoms with E-state index in [0.29, 0.717) is 0 Å². The van der Waals surface area contributed by atoms with Crippen LogP contribution in [0.25, 0.3) is 0 Å². The predicted octanol–water partition coefficient (Wildman–Crippen LogP) is 3.37. The first-order valence-corrected chi connectivity index (χ1v) is 7.35. The van der Waals surface area contributed by atoms with E-state index in [1.807, 2.05) is 0 Å². The van der Waals surface area contributed by atoms with E-state index in [1.165, 1.54) is 31.4 Å². The van der Waals surface area contributed by atoms with E-state index in [-0.39, 0.29) is 5.82 Å². The molecule has 2 unspecified atom stereocenters. The number of likely N-dealkylation sites (tertiary alicyclic amines) is 1. The fourth-order valence-corrected chi connectivity index (χ4v) is 2.84. The molecule has 1 N–H and O–H groups in total. The van der Waals surface area contributed by atoms with Gasteiger partial charge in [-0.25, -0.2) is 4.39 Å². The van der Waals surface area contributed by atoms with E-state index in [4.69, 9.17) is 0 Å². The first-order chi connectivity index (χ1) is 9.19. The van der Waals surface area contributed by atoms with Crippen molar-refractivity contribution in [3.05, 3.63) is 35.6 Å². The largest absolute Gasteiger partial charge is 0.388 e. The number of piperidine rings is 1. The lowest BCUT2D eigenvalue weighted by molar-refractivity contribution is 0.117. The van der Waals surface area contributed by atoms with E-state index in [0.717, 1.165) is 37.5 Å². The first kappa shape index (κ1) is 14.5. The van der Waals surface area contributed by atoms with Crippen molar-refractivity contribution in [3.8, 4) is 0 Å². The van der Waals surface area contributed by atoms with Gasteiger partial charge < -0.3 is 10.0 Å². The van der Waals surface area contributed by atoms with Gasteiger partial charge in [-0.15, -0.1) is 0 Å². The number of halogens is 1. The molecule has 1 aliphatic heterocycles. The number of aliphatic hydroxyl groups excluding tert-OH is 1.